The standard InChI is InChI=1S/C22H23N3O3/c1-14(2)18-8-4-6-15(3)20(18)25-21(26)16-9-10-23-19(12-16)22(27)24-13-17-7-5-11-28-17/h4-12,14H,13H2,1-3H3,(H,24,27)(H,25,26). The first-order chi connectivity index (χ1) is 13.5. The van der Waals surface area contributed by atoms with Crippen molar-refractivity contribution >= 4 is 17.5 Å². The van der Waals surface area contributed by atoms with Crippen molar-refractivity contribution in [2.75, 3.05) is 5.32 Å². The summed E-state index contributed by atoms with van der Waals surface area (Å²) in [6.07, 6.45) is 3.00. The molecule has 0 aliphatic heterocycles. The molecule has 2 aromatic heterocycles. The topological polar surface area (TPSA) is 84.2 Å². The van der Waals surface area contributed by atoms with Crippen molar-refractivity contribution in [1.29, 1.82) is 0 Å². The van der Waals surface area contributed by atoms with E-state index in [0.717, 1.165) is 16.8 Å². The van der Waals surface area contributed by atoms with Gasteiger partial charge in [-0.05, 0) is 48.2 Å². The number of aryl methyl sites for hydroxylation is 1. The quantitative estimate of drug-likeness (QED) is 0.671. The van der Waals surface area contributed by atoms with Crippen LogP contribution in [0.25, 0.3) is 0 Å². The van der Waals surface area contributed by atoms with Crippen molar-refractivity contribution in [2.45, 2.75) is 33.2 Å². The number of carbonyl (C=O) groups is 2. The summed E-state index contributed by atoms with van der Waals surface area (Å²) < 4.78 is 5.19. The van der Waals surface area contributed by atoms with Gasteiger partial charge in [0.1, 0.15) is 11.5 Å². The third-order valence-corrected chi connectivity index (χ3v) is 4.42. The molecule has 2 amide bonds. The highest BCUT2D eigenvalue weighted by atomic mass is 16.3. The lowest BCUT2D eigenvalue weighted by Gasteiger charge is -2.16. The minimum atomic E-state index is -0.371. The molecule has 0 aliphatic carbocycles. The molecule has 6 nitrogen and oxygen atoms in total. The van der Waals surface area contributed by atoms with E-state index in [1.165, 1.54) is 12.3 Å². The molecule has 0 bridgehead atoms. The summed E-state index contributed by atoms with van der Waals surface area (Å²) in [7, 11) is 0. The molecule has 2 N–H and O–H groups in total. The van der Waals surface area contributed by atoms with Crippen LogP contribution >= 0.6 is 0 Å². The van der Waals surface area contributed by atoms with Crippen molar-refractivity contribution < 1.29 is 14.0 Å². The van der Waals surface area contributed by atoms with Crippen LogP contribution in [0.1, 0.15) is 57.5 Å². The van der Waals surface area contributed by atoms with Gasteiger partial charge in [-0.25, -0.2) is 0 Å². The molecule has 3 aromatic rings. The summed E-state index contributed by atoms with van der Waals surface area (Å²) in [6, 6.07) is 12.5. The van der Waals surface area contributed by atoms with Crippen LogP contribution in [-0.4, -0.2) is 16.8 Å². The van der Waals surface area contributed by atoms with E-state index in [9.17, 15) is 9.59 Å². The van der Waals surface area contributed by atoms with Gasteiger partial charge in [-0.15, -0.1) is 0 Å². The van der Waals surface area contributed by atoms with Gasteiger partial charge in [-0.2, -0.15) is 0 Å². The van der Waals surface area contributed by atoms with Crippen LogP contribution in [0.4, 0.5) is 5.69 Å². The molecule has 0 spiro atoms. The van der Waals surface area contributed by atoms with Crippen molar-refractivity contribution in [3.63, 3.8) is 0 Å². The van der Waals surface area contributed by atoms with Gasteiger partial charge in [0.2, 0.25) is 0 Å². The molecule has 3 rings (SSSR count). The molecule has 0 radical (unpaired) electrons. The van der Waals surface area contributed by atoms with Gasteiger partial charge in [0.05, 0.1) is 12.8 Å². The van der Waals surface area contributed by atoms with Gasteiger partial charge >= 0.3 is 0 Å². The van der Waals surface area contributed by atoms with Gasteiger partial charge in [0.25, 0.3) is 11.8 Å². The van der Waals surface area contributed by atoms with Crippen LogP contribution in [0.2, 0.25) is 0 Å². The number of benzene rings is 1. The number of pyridine rings is 1. The Morgan fingerprint density at radius 3 is 2.64 bits per heavy atom. The number of hydrogen-bond acceptors (Lipinski definition) is 4. The highest BCUT2D eigenvalue weighted by molar-refractivity contribution is 6.06. The second kappa shape index (κ2) is 8.52. The Morgan fingerprint density at radius 2 is 1.93 bits per heavy atom. The van der Waals surface area contributed by atoms with Crippen LogP contribution in [-0.2, 0) is 6.54 Å². The summed E-state index contributed by atoms with van der Waals surface area (Å²) >= 11 is 0. The molecule has 0 unspecified atom stereocenters. The number of anilines is 1. The van der Waals surface area contributed by atoms with Crippen LogP contribution in [0, 0.1) is 6.92 Å². The van der Waals surface area contributed by atoms with Gasteiger partial charge in [-0.1, -0.05) is 32.0 Å². The normalized spacial score (nSPS) is 10.7. The van der Waals surface area contributed by atoms with Crippen LogP contribution in [0.3, 0.4) is 0 Å². The molecule has 1 aromatic carbocycles. The van der Waals surface area contributed by atoms with Gasteiger partial charge in [0, 0.05) is 17.4 Å². The number of carbonyl (C=O) groups excluding carboxylic acids is 2. The first-order valence-corrected chi connectivity index (χ1v) is 9.13. The average Bonchev–Trinajstić information content (AvgIpc) is 3.21. The second-order valence-electron chi connectivity index (χ2n) is 6.84. The number of rotatable bonds is 6. The molecule has 144 valence electrons. The fourth-order valence-corrected chi connectivity index (χ4v) is 2.90. The Balaban J connectivity index is 1.75. The lowest BCUT2D eigenvalue weighted by atomic mass is 9.98. The zero-order valence-corrected chi connectivity index (χ0v) is 16.2. The molecule has 0 fully saturated rings. The number of amides is 2. The maximum Gasteiger partial charge on any atom is 0.270 e. The lowest BCUT2D eigenvalue weighted by molar-refractivity contribution is 0.0943. The summed E-state index contributed by atoms with van der Waals surface area (Å²) in [6.45, 7) is 6.38. The van der Waals surface area contributed by atoms with Crippen molar-refractivity contribution in [3.05, 3.63) is 83.1 Å². The van der Waals surface area contributed by atoms with E-state index in [1.54, 1.807) is 24.5 Å². The molecule has 28 heavy (non-hydrogen) atoms. The minimum absolute atomic E-state index is 0.174. The summed E-state index contributed by atoms with van der Waals surface area (Å²) in [5.74, 6) is 0.266. The Kier molecular flexibility index (Phi) is 5.89. The Hall–Kier alpha value is -3.41. The van der Waals surface area contributed by atoms with Crippen LogP contribution in [0.15, 0.2) is 59.3 Å². The fraction of sp³-hybridized carbons (Fsp3) is 0.227. The molecule has 2 heterocycles. The maximum atomic E-state index is 12.8. The predicted octanol–water partition coefficient (Wildman–Crippen LogP) is 4.29. The summed E-state index contributed by atoms with van der Waals surface area (Å²) in [5.41, 5.74) is 3.41. The second-order valence-corrected chi connectivity index (χ2v) is 6.84. The zero-order valence-electron chi connectivity index (χ0n) is 16.2. The molecule has 6 heteroatoms. The molecule has 0 saturated heterocycles. The zero-order chi connectivity index (χ0) is 20.1. The monoisotopic (exact) mass is 377 g/mol. The van der Waals surface area contributed by atoms with E-state index in [0.29, 0.717) is 11.3 Å². The van der Waals surface area contributed by atoms with Crippen LogP contribution < -0.4 is 10.6 Å². The molecule has 0 aliphatic rings. The summed E-state index contributed by atoms with van der Waals surface area (Å²) in [5, 5.41) is 5.71. The van der Waals surface area contributed by atoms with E-state index < -0.39 is 0 Å². The van der Waals surface area contributed by atoms with Crippen molar-refractivity contribution in [2.24, 2.45) is 0 Å². The number of hydrogen-bond donors (Lipinski definition) is 2. The highest BCUT2D eigenvalue weighted by Gasteiger charge is 2.15. The minimum Gasteiger partial charge on any atom is -0.467 e. The van der Waals surface area contributed by atoms with E-state index in [2.05, 4.69) is 29.5 Å². The van der Waals surface area contributed by atoms with Crippen LogP contribution in [0.5, 0.6) is 0 Å². The van der Waals surface area contributed by atoms with Gasteiger partial charge < -0.3 is 15.1 Å². The van der Waals surface area contributed by atoms with E-state index in [-0.39, 0.29) is 30.0 Å². The Bertz CT molecular complexity index is 978. The van der Waals surface area contributed by atoms with E-state index in [4.69, 9.17) is 4.42 Å². The molecular weight excluding hydrogens is 354 g/mol. The number of aromatic nitrogens is 1. The van der Waals surface area contributed by atoms with Crippen molar-refractivity contribution in [1.82, 2.24) is 10.3 Å². The molecule has 0 atom stereocenters. The van der Waals surface area contributed by atoms with Gasteiger partial charge in [-0.3, -0.25) is 14.6 Å². The van der Waals surface area contributed by atoms with E-state index in [1.807, 2.05) is 25.1 Å². The average molecular weight is 377 g/mol. The fourth-order valence-electron chi connectivity index (χ4n) is 2.90. The molecular formula is C22H23N3O3. The van der Waals surface area contributed by atoms with E-state index >= 15 is 0 Å². The third-order valence-electron chi connectivity index (χ3n) is 4.42. The summed E-state index contributed by atoms with van der Waals surface area (Å²) in [4.78, 5) is 29.2. The van der Waals surface area contributed by atoms with Crippen molar-refractivity contribution in [3.8, 4) is 0 Å². The largest absolute Gasteiger partial charge is 0.467 e. The first kappa shape index (κ1) is 19.4. The number of para-hydroxylation sites is 1. The maximum absolute atomic E-state index is 12.8. The predicted molar refractivity (Wildman–Crippen MR) is 107 cm³/mol. The smallest absolute Gasteiger partial charge is 0.270 e. The highest BCUT2D eigenvalue weighted by Crippen LogP contribution is 2.27. The lowest BCUT2D eigenvalue weighted by Crippen LogP contribution is -2.24. The Morgan fingerprint density at radius 1 is 1.11 bits per heavy atom. The number of nitrogens with zero attached hydrogens (tertiary/aromatic N) is 1. The first-order valence-electron chi connectivity index (χ1n) is 9.13. The third kappa shape index (κ3) is 4.46. The Labute approximate surface area is 164 Å². The molecule has 0 saturated carbocycles. The SMILES string of the molecule is Cc1cccc(C(C)C)c1NC(=O)c1ccnc(C(=O)NCc2ccco2)c1. The van der Waals surface area contributed by atoms with Gasteiger partial charge in [0.15, 0.2) is 0 Å². The number of furan rings is 1. The number of nitrogens with one attached hydrogen (secondary N) is 2.